The first-order valence-corrected chi connectivity index (χ1v) is 5.72. The lowest BCUT2D eigenvalue weighted by Gasteiger charge is -2.08. The number of nitrogens with zero attached hydrogens (tertiary/aromatic N) is 3. The van der Waals surface area contributed by atoms with E-state index < -0.39 is 0 Å². The molecule has 0 amide bonds. The van der Waals surface area contributed by atoms with Crippen LogP contribution in [-0.2, 0) is 6.54 Å². The highest BCUT2D eigenvalue weighted by Gasteiger charge is 2.01. The van der Waals surface area contributed by atoms with Gasteiger partial charge in [0.25, 0.3) is 0 Å². The summed E-state index contributed by atoms with van der Waals surface area (Å²) in [6, 6.07) is 6.17. The van der Waals surface area contributed by atoms with Crippen LogP contribution in [0.25, 0.3) is 10.9 Å². The van der Waals surface area contributed by atoms with Crippen molar-refractivity contribution in [3.05, 3.63) is 28.9 Å². The third-order valence-corrected chi connectivity index (χ3v) is 2.79. The normalized spacial score (nSPS) is 11.5. The summed E-state index contributed by atoms with van der Waals surface area (Å²) >= 11 is 3.45. The van der Waals surface area contributed by atoms with E-state index in [0.717, 1.165) is 23.1 Å². The molecule has 1 aromatic carbocycles. The Morgan fingerprint density at radius 3 is 2.93 bits per heavy atom. The minimum atomic E-state index is 0.930. The number of likely N-dealkylation sites (N-methyl/N-ethyl adjacent to an activating group) is 1. The van der Waals surface area contributed by atoms with Gasteiger partial charge in [-0.1, -0.05) is 22.0 Å². The van der Waals surface area contributed by atoms with Gasteiger partial charge in [0.2, 0.25) is 0 Å². The molecule has 0 saturated carbocycles. The molecule has 4 heteroatoms. The number of hydrogen-bond acceptors (Lipinski definition) is 2. The standard InChI is InChI=1S/C11H14BrN3/c1-14(2)5-6-15-8-9-3-4-10(12)7-11(9)13-15/h3-4,7-8H,5-6H2,1-2H3. The molecule has 0 atom stereocenters. The average molecular weight is 268 g/mol. The maximum atomic E-state index is 4.51. The van der Waals surface area contributed by atoms with Crippen molar-refractivity contribution in [2.45, 2.75) is 6.54 Å². The molecular formula is C11H14BrN3. The summed E-state index contributed by atoms with van der Waals surface area (Å²) in [5.41, 5.74) is 1.04. The van der Waals surface area contributed by atoms with Gasteiger partial charge in [0.1, 0.15) is 0 Å². The van der Waals surface area contributed by atoms with E-state index in [0.29, 0.717) is 0 Å². The molecule has 3 nitrogen and oxygen atoms in total. The maximum absolute atomic E-state index is 4.51. The van der Waals surface area contributed by atoms with Gasteiger partial charge in [-0.15, -0.1) is 0 Å². The van der Waals surface area contributed by atoms with Gasteiger partial charge >= 0.3 is 0 Å². The predicted octanol–water partition coefficient (Wildman–Crippen LogP) is 2.36. The van der Waals surface area contributed by atoms with Crippen molar-refractivity contribution < 1.29 is 0 Å². The molecule has 2 aromatic rings. The third kappa shape index (κ3) is 2.58. The summed E-state index contributed by atoms with van der Waals surface area (Å²) in [5.74, 6) is 0. The van der Waals surface area contributed by atoms with E-state index in [2.05, 4.69) is 52.3 Å². The molecular weight excluding hydrogens is 254 g/mol. The van der Waals surface area contributed by atoms with Crippen LogP contribution in [0.5, 0.6) is 0 Å². The fourth-order valence-electron chi connectivity index (χ4n) is 1.46. The van der Waals surface area contributed by atoms with Crippen molar-refractivity contribution in [3.63, 3.8) is 0 Å². The third-order valence-electron chi connectivity index (χ3n) is 2.29. The van der Waals surface area contributed by atoms with Gasteiger partial charge in [-0.2, -0.15) is 5.10 Å². The molecule has 0 aliphatic carbocycles. The van der Waals surface area contributed by atoms with Crippen molar-refractivity contribution >= 4 is 26.8 Å². The van der Waals surface area contributed by atoms with Crippen LogP contribution in [-0.4, -0.2) is 35.3 Å². The van der Waals surface area contributed by atoms with Crippen LogP contribution in [0, 0.1) is 0 Å². The van der Waals surface area contributed by atoms with E-state index in [4.69, 9.17) is 0 Å². The van der Waals surface area contributed by atoms with Crippen LogP contribution in [0.4, 0.5) is 0 Å². The number of rotatable bonds is 3. The molecule has 0 unspecified atom stereocenters. The highest BCUT2D eigenvalue weighted by atomic mass is 79.9. The van der Waals surface area contributed by atoms with Crippen molar-refractivity contribution in [1.29, 1.82) is 0 Å². The van der Waals surface area contributed by atoms with Gasteiger partial charge in [0.05, 0.1) is 12.1 Å². The number of fused-ring (bicyclic) bond motifs is 1. The minimum Gasteiger partial charge on any atom is -0.308 e. The predicted molar refractivity (Wildman–Crippen MR) is 66.0 cm³/mol. The Morgan fingerprint density at radius 1 is 1.40 bits per heavy atom. The van der Waals surface area contributed by atoms with Crippen LogP contribution < -0.4 is 0 Å². The van der Waals surface area contributed by atoms with Crippen molar-refractivity contribution in [3.8, 4) is 0 Å². The fourth-order valence-corrected chi connectivity index (χ4v) is 1.81. The fraction of sp³-hybridized carbons (Fsp3) is 0.364. The number of aromatic nitrogens is 2. The molecule has 0 saturated heterocycles. The molecule has 80 valence electrons. The Balaban J connectivity index is 2.23. The van der Waals surface area contributed by atoms with Crippen LogP contribution in [0.1, 0.15) is 0 Å². The van der Waals surface area contributed by atoms with Crippen molar-refractivity contribution in [1.82, 2.24) is 14.7 Å². The number of benzene rings is 1. The minimum absolute atomic E-state index is 0.930. The number of hydrogen-bond donors (Lipinski definition) is 0. The summed E-state index contributed by atoms with van der Waals surface area (Å²) in [5, 5.41) is 5.70. The van der Waals surface area contributed by atoms with Crippen molar-refractivity contribution in [2.75, 3.05) is 20.6 Å². The van der Waals surface area contributed by atoms with E-state index in [9.17, 15) is 0 Å². The van der Waals surface area contributed by atoms with Crippen LogP contribution in [0.3, 0.4) is 0 Å². The summed E-state index contributed by atoms with van der Waals surface area (Å²) < 4.78 is 3.07. The first-order valence-electron chi connectivity index (χ1n) is 4.92. The second-order valence-corrected chi connectivity index (χ2v) is 4.81. The topological polar surface area (TPSA) is 21.1 Å². The van der Waals surface area contributed by atoms with Gasteiger partial charge in [-0.05, 0) is 26.2 Å². The van der Waals surface area contributed by atoms with Gasteiger partial charge in [-0.25, -0.2) is 0 Å². The van der Waals surface area contributed by atoms with E-state index in [1.54, 1.807) is 0 Å². The largest absolute Gasteiger partial charge is 0.308 e. The summed E-state index contributed by atoms with van der Waals surface area (Å²) in [4.78, 5) is 2.16. The lowest BCUT2D eigenvalue weighted by Crippen LogP contribution is -2.18. The molecule has 0 spiro atoms. The highest BCUT2D eigenvalue weighted by Crippen LogP contribution is 2.17. The Hall–Kier alpha value is -0.870. The molecule has 0 bridgehead atoms. The van der Waals surface area contributed by atoms with E-state index in [1.165, 1.54) is 5.39 Å². The first-order chi connectivity index (χ1) is 7.15. The second-order valence-electron chi connectivity index (χ2n) is 3.90. The van der Waals surface area contributed by atoms with Crippen LogP contribution in [0.15, 0.2) is 28.9 Å². The lowest BCUT2D eigenvalue weighted by molar-refractivity contribution is 0.374. The second kappa shape index (κ2) is 4.33. The molecule has 1 aromatic heterocycles. The Bertz CT molecular complexity index is 462. The van der Waals surface area contributed by atoms with E-state index in [-0.39, 0.29) is 0 Å². The molecule has 0 radical (unpaired) electrons. The highest BCUT2D eigenvalue weighted by molar-refractivity contribution is 9.10. The summed E-state index contributed by atoms with van der Waals surface area (Å²) in [7, 11) is 4.14. The maximum Gasteiger partial charge on any atom is 0.0934 e. The lowest BCUT2D eigenvalue weighted by atomic mass is 10.3. The molecule has 0 aliphatic heterocycles. The summed E-state index contributed by atoms with van der Waals surface area (Å²) in [6.45, 7) is 1.94. The molecule has 0 aliphatic rings. The van der Waals surface area contributed by atoms with Gasteiger partial charge in [0.15, 0.2) is 0 Å². The first kappa shape index (κ1) is 10.6. The smallest absolute Gasteiger partial charge is 0.0934 e. The summed E-state index contributed by atoms with van der Waals surface area (Å²) in [6.07, 6.45) is 2.09. The zero-order chi connectivity index (χ0) is 10.8. The van der Waals surface area contributed by atoms with E-state index >= 15 is 0 Å². The monoisotopic (exact) mass is 267 g/mol. The number of halogens is 1. The Morgan fingerprint density at radius 2 is 2.20 bits per heavy atom. The van der Waals surface area contributed by atoms with E-state index in [1.807, 2.05) is 16.8 Å². The van der Waals surface area contributed by atoms with Gasteiger partial charge < -0.3 is 4.90 Å². The van der Waals surface area contributed by atoms with Crippen molar-refractivity contribution in [2.24, 2.45) is 0 Å². The zero-order valence-corrected chi connectivity index (χ0v) is 10.5. The quantitative estimate of drug-likeness (QED) is 0.852. The Kier molecular flexibility index (Phi) is 3.07. The molecule has 0 N–H and O–H groups in total. The SMILES string of the molecule is CN(C)CCn1cc2ccc(Br)cc2n1. The van der Waals surface area contributed by atoms with Crippen LogP contribution in [0.2, 0.25) is 0 Å². The molecule has 1 heterocycles. The van der Waals surface area contributed by atoms with Gasteiger partial charge in [0, 0.05) is 22.6 Å². The van der Waals surface area contributed by atoms with Crippen LogP contribution >= 0.6 is 15.9 Å². The molecule has 0 fully saturated rings. The molecule has 15 heavy (non-hydrogen) atoms. The average Bonchev–Trinajstić information content (AvgIpc) is 2.56. The van der Waals surface area contributed by atoms with Gasteiger partial charge in [-0.3, -0.25) is 4.68 Å². The Labute approximate surface area is 97.8 Å². The molecule has 2 rings (SSSR count). The zero-order valence-electron chi connectivity index (χ0n) is 8.94.